The number of nitrogens with one attached hydrogen (secondary N) is 1. The fraction of sp³-hybridized carbons (Fsp3) is 0.583. The third-order valence-corrected chi connectivity index (χ3v) is 3.08. The monoisotopic (exact) mass is 266 g/mol. The van der Waals surface area contributed by atoms with Crippen molar-refractivity contribution in [2.75, 3.05) is 43.6 Å². The van der Waals surface area contributed by atoms with E-state index in [-0.39, 0.29) is 5.69 Å². The Morgan fingerprint density at radius 1 is 1.42 bits per heavy atom. The number of hydrogen-bond donors (Lipinski definition) is 2. The molecule has 7 heteroatoms. The molecular formula is C12H18N4O3. The molecule has 7 nitrogen and oxygen atoms in total. The minimum atomic E-state index is -1.02. The first-order chi connectivity index (χ1) is 9.17. The highest BCUT2D eigenvalue weighted by Crippen LogP contribution is 2.21. The molecule has 0 amide bonds. The van der Waals surface area contributed by atoms with Crippen LogP contribution < -0.4 is 10.2 Å². The van der Waals surface area contributed by atoms with Crippen LogP contribution in [-0.2, 0) is 11.2 Å². The van der Waals surface area contributed by atoms with Crippen LogP contribution in [0.3, 0.4) is 0 Å². The Labute approximate surface area is 111 Å². The Morgan fingerprint density at radius 3 is 2.63 bits per heavy atom. The van der Waals surface area contributed by atoms with Crippen LogP contribution in [0.1, 0.15) is 23.0 Å². The molecule has 0 atom stereocenters. The van der Waals surface area contributed by atoms with E-state index in [1.165, 1.54) is 0 Å². The molecule has 0 spiro atoms. The smallest absolute Gasteiger partial charge is 0.355 e. The summed E-state index contributed by atoms with van der Waals surface area (Å²) in [5, 5.41) is 12.2. The molecule has 1 aliphatic heterocycles. The van der Waals surface area contributed by atoms with Gasteiger partial charge in [0.25, 0.3) is 0 Å². The van der Waals surface area contributed by atoms with Crippen molar-refractivity contribution in [3.63, 3.8) is 0 Å². The largest absolute Gasteiger partial charge is 0.476 e. The molecule has 19 heavy (non-hydrogen) atoms. The van der Waals surface area contributed by atoms with Crippen LogP contribution in [0.2, 0.25) is 0 Å². The van der Waals surface area contributed by atoms with Crippen molar-refractivity contribution in [1.29, 1.82) is 0 Å². The second-order valence-corrected chi connectivity index (χ2v) is 4.21. The first-order valence-corrected chi connectivity index (χ1v) is 6.32. The Balaban J connectivity index is 2.44. The lowest BCUT2D eigenvalue weighted by atomic mass is 10.1. The molecular weight excluding hydrogens is 248 g/mol. The van der Waals surface area contributed by atoms with Gasteiger partial charge in [-0.15, -0.1) is 0 Å². The predicted molar refractivity (Wildman–Crippen MR) is 70.9 cm³/mol. The minimum absolute atomic E-state index is 0.0725. The number of rotatable bonds is 4. The second-order valence-electron chi connectivity index (χ2n) is 4.21. The molecule has 0 aliphatic carbocycles. The zero-order valence-electron chi connectivity index (χ0n) is 11.1. The van der Waals surface area contributed by atoms with Gasteiger partial charge in [0.1, 0.15) is 5.82 Å². The van der Waals surface area contributed by atoms with Crippen molar-refractivity contribution >= 4 is 17.7 Å². The lowest BCUT2D eigenvalue weighted by molar-refractivity contribution is 0.0689. The molecule has 0 radical (unpaired) electrons. The molecule has 0 unspecified atom stereocenters. The average molecular weight is 266 g/mol. The van der Waals surface area contributed by atoms with Crippen LogP contribution in [0.15, 0.2) is 0 Å². The fourth-order valence-corrected chi connectivity index (χ4v) is 2.10. The van der Waals surface area contributed by atoms with E-state index in [0.29, 0.717) is 50.1 Å². The van der Waals surface area contributed by atoms with Crippen LogP contribution in [0.4, 0.5) is 11.8 Å². The van der Waals surface area contributed by atoms with E-state index in [4.69, 9.17) is 4.74 Å². The van der Waals surface area contributed by atoms with Gasteiger partial charge in [0.05, 0.1) is 13.2 Å². The van der Waals surface area contributed by atoms with Crippen molar-refractivity contribution in [3.8, 4) is 0 Å². The van der Waals surface area contributed by atoms with Crippen molar-refractivity contribution in [1.82, 2.24) is 9.97 Å². The number of anilines is 2. The van der Waals surface area contributed by atoms with Gasteiger partial charge in [-0.1, -0.05) is 6.92 Å². The molecule has 1 aromatic rings. The topological polar surface area (TPSA) is 87.6 Å². The van der Waals surface area contributed by atoms with Crippen molar-refractivity contribution in [3.05, 3.63) is 11.3 Å². The van der Waals surface area contributed by atoms with Crippen LogP contribution >= 0.6 is 0 Å². The number of carbonyl (C=O) groups is 1. The number of morpholine rings is 1. The SMILES string of the molecule is CCc1c(NC)nc(N2CCOCC2)nc1C(=O)O. The van der Waals surface area contributed by atoms with Crippen molar-refractivity contribution in [2.24, 2.45) is 0 Å². The summed E-state index contributed by atoms with van der Waals surface area (Å²) in [5.41, 5.74) is 0.704. The van der Waals surface area contributed by atoms with E-state index >= 15 is 0 Å². The van der Waals surface area contributed by atoms with Gasteiger partial charge in [-0.05, 0) is 6.42 Å². The van der Waals surface area contributed by atoms with Crippen LogP contribution in [0, 0.1) is 0 Å². The quantitative estimate of drug-likeness (QED) is 0.825. The normalized spacial score (nSPS) is 15.4. The highest BCUT2D eigenvalue weighted by Gasteiger charge is 2.21. The van der Waals surface area contributed by atoms with E-state index in [2.05, 4.69) is 15.3 Å². The van der Waals surface area contributed by atoms with Crippen molar-refractivity contribution < 1.29 is 14.6 Å². The van der Waals surface area contributed by atoms with E-state index < -0.39 is 5.97 Å². The number of ether oxygens (including phenoxy) is 1. The number of nitrogens with zero attached hydrogens (tertiary/aromatic N) is 3. The van der Waals surface area contributed by atoms with E-state index in [1.807, 2.05) is 11.8 Å². The van der Waals surface area contributed by atoms with Gasteiger partial charge in [0.2, 0.25) is 5.95 Å². The van der Waals surface area contributed by atoms with Crippen LogP contribution in [-0.4, -0.2) is 54.4 Å². The van der Waals surface area contributed by atoms with Crippen LogP contribution in [0.5, 0.6) is 0 Å². The Kier molecular flexibility index (Phi) is 4.16. The molecule has 0 saturated carbocycles. The maximum absolute atomic E-state index is 11.3. The molecule has 1 aliphatic rings. The summed E-state index contributed by atoms with van der Waals surface area (Å²) in [4.78, 5) is 21.9. The molecule has 2 heterocycles. The van der Waals surface area contributed by atoms with Gasteiger partial charge >= 0.3 is 5.97 Å². The molecule has 0 bridgehead atoms. The third kappa shape index (κ3) is 2.76. The van der Waals surface area contributed by atoms with E-state index in [9.17, 15) is 9.90 Å². The third-order valence-electron chi connectivity index (χ3n) is 3.08. The molecule has 104 valence electrons. The van der Waals surface area contributed by atoms with E-state index in [1.54, 1.807) is 7.05 Å². The fourth-order valence-electron chi connectivity index (χ4n) is 2.10. The Bertz CT molecular complexity index is 472. The van der Waals surface area contributed by atoms with Gasteiger partial charge in [-0.2, -0.15) is 4.98 Å². The molecule has 0 aromatic carbocycles. The lowest BCUT2D eigenvalue weighted by Gasteiger charge is -2.27. The maximum atomic E-state index is 11.3. The first kappa shape index (κ1) is 13.5. The molecule has 1 aromatic heterocycles. The first-order valence-electron chi connectivity index (χ1n) is 6.32. The summed E-state index contributed by atoms with van der Waals surface area (Å²) in [6, 6.07) is 0. The number of carboxylic acid groups (broad SMARTS) is 1. The summed E-state index contributed by atoms with van der Waals surface area (Å²) in [5.74, 6) is 0.00361. The average Bonchev–Trinajstić information content (AvgIpc) is 2.46. The highest BCUT2D eigenvalue weighted by atomic mass is 16.5. The number of aromatic nitrogens is 2. The molecule has 2 N–H and O–H groups in total. The van der Waals surface area contributed by atoms with Gasteiger partial charge in [-0.25, -0.2) is 9.78 Å². The molecule has 1 saturated heterocycles. The van der Waals surface area contributed by atoms with Gasteiger partial charge in [0.15, 0.2) is 5.69 Å². The standard InChI is InChI=1S/C12H18N4O3/c1-3-8-9(11(17)18)14-12(15-10(8)13-2)16-4-6-19-7-5-16/h3-7H2,1-2H3,(H,17,18)(H,13,14,15). The lowest BCUT2D eigenvalue weighted by Crippen LogP contribution is -2.37. The number of aromatic carboxylic acids is 1. The van der Waals surface area contributed by atoms with E-state index in [0.717, 1.165) is 0 Å². The Hall–Kier alpha value is -1.89. The number of carboxylic acids is 1. The summed E-state index contributed by atoms with van der Waals surface area (Å²) in [6.45, 7) is 4.45. The summed E-state index contributed by atoms with van der Waals surface area (Å²) >= 11 is 0. The molecule has 2 rings (SSSR count). The van der Waals surface area contributed by atoms with Gasteiger partial charge in [-0.3, -0.25) is 0 Å². The van der Waals surface area contributed by atoms with Gasteiger partial charge in [0, 0.05) is 25.7 Å². The maximum Gasteiger partial charge on any atom is 0.355 e. The minimum Gasteiger partial charge on any atom is -0.476 e. The predicted octanol–water partition coefficient (Wildman–Crippen LogP) is 0.615. The highest BCUT2D eigenvalue weighted by molar-refractivity contribution is 5.89. The van der Waals surface area contributed by atoms with Crippen LogP contribution in [0.25, 0.3) is 0 Å². The summed E-state index contributed by atoms with van der Waals surface area (Å²) in [6.07, 6.45) is 0.571. The zero-order chi connectivity index (χ0) is 13.8. The summed E-state index contributed by atoms with van der Waals surface area (Å²) < 4.78 is 5.27. The zero-order valence-corrected chi connectivity index (χ0v) is 11.1. The van der Waals surface area contributed by atoms with Crippen molar-refractivity contribution in [2.45, 2.75) is 13.3 Å². The summed E-state index contributed by atoms with van der Waals surface area (Å²) in [7, 11) is 1.73. The number of hydrogen-bond acceptors (Lipinski definition) is 6. The van der Waals surface area contributed by atoms with Gasteiger partial charge < -0.3 is 20.1 Å². The second kappa shape index (κ2) is 5.83. The molecule has 1 fully saturated rings. The Morgan fingerprint density at radius 2 is 2.11 bits per heavy atom.